The van der Waals surface area contributed by atoms with Gasteiger partial charge in [0.15, 0.2) is 0 Å². The minimum Gasteiger partial charge on any atom is -0.466 e. The van der Waals surface area contributed by atoms with Crippen molar-refractivity contribution in [2.75, 3.05) is 0 Å². The summed E-state index contributed by atoms with van der Waals surface area (Å²) in [6.45, 7) is 3.76. The fourth-order valence-corrected chi connectivity index (χ4v) is 2.41. The largest absolute Gasteiger partial charge is 0.466 e. The maximum Gasteiger partial charge on any atom is 0.109 e. The van der Waals surface area contributed by atoms with Crippen molar-refractivity contribution in [2.45, 2.75) is 20.0 Å². The minimum absolute atomic E-state index is 0.654. The second-order valence-corrected chi connectivity index (χ2v) is 4.56. The van der Waals surface area contributed by atoms with Crippen LogP contribution in [0.25, 0.3) is 10.9 Å². The first kappa shape index (κ1) is 11.1. The maximum atomic E-state index is 10.5. The van der Waals surface area contributed by atoms with Crippen LogP contribution in [0.1, 0.15) is 28.8 Å². The molecule has 3 aromatic rings. The van der Waals surface area contributed by atoms with Crippen molar-refractivity contribution in [3.8, 4) is 0 Å². The topological polar surface area (TPSA) is 49.2 Å². The van der Waals surface area contributed by atoms with Crippen molar-refractivity contribution in [3.05, 3.63) is 59.2 Å². The van der Waals surface area contributed by atoms with Gasteiger partial charge in [0, 0.05) is 28.2 Å². The van der Waals surface area contributed by atoms with Crippen LogP contribution in [-0.2, 0) is 0 Å². The fourth-order valence-electron chi connectivity index (χ4n) is 2.41. The predicted octanol–water partition coefficient (Wildman–Crippen LogP) is 3.46. The third-order valence-corrected chi connectivity index (χ3v) is 3.29. The van der Waals surface area contributed by atoms with Crippen molar-refractivity contribution in [2.24, 2.45) is 0 Å². The number of H-pyrrole nitrogens is 1. The number of fused-ring (bicyclic) bond motifs is 1. The van der Waals surface area contributed by atoms with Crippen molar-refractivity contribution >= 4 is 10.9 Å². The van der Waals surface area contributed by atoms with Crippen LogP contribution in [0.3, 0.4) is 0 Å². The Labute approximate surface area is 105 Å². The lowest BCUT2D eigenvalue weighted by Crippen LogP contribution is -1.98. The van der Waals surface area contributed by atoms with E-state index in [0.717, 1.165) is 33.6 Å². The van der Waals surface area contributed by atoms with E-state index in [1.54, 1.807) is 0 Å². The molecule has 18 heavy (non-hydrogen) atoms. The van der Waals surface area contributed by atoms with Crippen LogP contribution in [-0.4, -0.2) is 10.1 Å². The molecule has 0 aliphatic carbocycles. The normalized spacial score (nSPS) is 13.1. The molecule has 0 radical (unpaired) electrons. The highest BCUT2D eigenvalue weighted by molar-refractivity contribution is 5.83. The molecule has 2 heterocycles. The Balaban J connectivity index is 2.12. The van der Waals surface area contributed by atoms with E-state index >= 15 is 0 Å². The molecule has 3 nitrogen and oxygen atoms in total. The Morgan fingerprint density at radius 2 is 1.94 bits per heavy atom. The van der Waals surface area contributed by atoms with Crippen LogP contribution < -0.4 is 0 Å². The zero-order valence-corrected chi connectivity index (χ0v) is 10.4. The summed E-state index contributed by atoms with van der Waals surface area (Å²) in [5.41, 5.74) is 2.75. The molecule has 1 aromatic carbocycles. The highest BCUT2D eigenvalue weighted by Gasteiger charge is 2.19. The van der Waals surface area contributed by atoms with Gasteiger partial charge in [-0.25, -0.2) is 0 Å². The number of hydrogen-bond acceptors (Lipinski definition) is 2. The van der Waals surface area contributed by atoms with Crippen LogP contribution in [0.4, 0.5) is 0 Å². The fraction of sp³-hybridized carbons (Fsp3) is 0.200. The number of hydrogen-bond donors (Lipinski definition) is 2. The van der Waals surface area contributed by atoms with Crippen molar-refractivity contribution in [3.63, 3.8) is 0 Å². The van der Waals surface area contributed by atoms with Gasteiger partial charge in [-0.05, 0) is 26.0 Å². The van der Waals surface area contributed by atoms with E-state index in [1.165, 1.54) is 0 Å². The molecule has 0 aliphatic heterocycles. The first-order valence-corrected chi connectivity index (χ1v) is 5.98. The molecule has 1 unspecified atom stereocenters. The van der Waals surface area contributed by atoms with Crippen molar-refractivity contribution < 1.29 is 9.52 Å². The summed E-state index contributed by atoms with van der Waals surface area (Å²) in [5.74, 6) is 1.59. The first-order chi connectivity index (χ1) is 8.66. The van der Waals surface area contributed by atoms with E-state index < -0.39 is 6.10 Å². The van der Waals surface area contributed by atoms with Crippen LogP contribution in [0.15, 0.2) is 40.9 Å². The SMILES string of the molecule is Cc1cc(C(O)c2c[nH]c3ccccc23)c(C)o1. The van der Waals surface area contributed by atoms with Gasteiger partial charge < -0.3 is 14.5 Å². The lowest BCUT2D eigenvalue weighted by molar-refractivity contribution is 0.219. The number of aryl methyl sites for hydroxylation is 2. The molecule has 0 amide bonds. The number of para-hydroxylation sites is 1. The Hall–Kier alpha value is -2.00. The average molecular weight is 241 g/mol. The van der Waals surface area contributed by atoms with Gasteiger partial charge in [-0.1, -0.05) is 18.2 Å². The summed E-state index contributed by atoms with van der Waals surface area (Å²) in [6.07, 6.45) is 1.20. The summed E-state index contributed by atoms with van der Waals surface area (Å²) in [7, 11) is 0. The number of furan rings is 1. The molecule has 2 N–H and O–H groups in total. The summed E-state index contributed by atoms with van der Waals surface area (Å²) in [4.78, 5) is 3.17. The lowest BCUT2D eigenvalue weighted by Gasteiger charge is -2.08. The zero-order valence-electron chi connectivity index (χ0n) is 10.4. The molecular formula is C15H15NO2. The van der Waals surface area contributed by atoms with Gasteiger partial charge in [0.2, 0.25) is 0 Å². The maximum absolute atomic E-state index is 10.5. The quantitative estimate of drug-likeness (QED) is 0.721. The standard InChI is InChI=1S/C15H15NO2/c1-9-7-12(10(2)18-9)15(17)13-8-16-14-6-4-3-5-11(13)14/h3-8,15-17H,1-2H3. The Bertz CT molecular complexity index is 693. The van der Waals surface area contributed by atoms with Gasteiger partial charge in [-0.3, -0.25) is 0 Å². The van der Waals surface area contributed by atoms with E-state index in [9.17, 15) is 5.11 Å². The summed E-state index contributed by atoms with van der Waals surface area (Å²) >= 11 is 0. The molecule has 3 rings (SSSR count). The minimum atomic E-state index is -0.654. The molecule has 0 saturated heterocycles. The molecule has 3 heteroatoms. The highest BCUT2D eigenvalue weighted by Crippen LogP contribution is 2.31. The number of nitrogens with one attached hydrogen (secondary N) is 1. The predicted molar refractivity (Wildman–Crippen MR) is 70.5 cm³/mol. The smallest absolute Gasteiger partial charge is 0.109 e. The summed E-state index contributed by atoms with van der Waals surface area (Å²) in [6, 6.07) is 9.84. The van der Waals surface area contributed by atoms with Crippen LogP contribution in [0, 0.1) is 13.8 Å². The van der Waals surface area contributed by atoms with Crippen LogP contribution in [0.2, 0.25) is 0 Å². The van der Waals surface area contributed by atoms with Crippen LogP contribution in [0.5, 0.6) is 0 Å². The van der Waals surface area contributed by atoms with Gasteiger partial charge in [0.25, 0.3) is 0 Å². The van der Waals surface area contributed by atoms with Crippen molar-refractivity contribution in [1.29, 1.82) is 0 Å². The van der Waals surface area contributed by atoms with Gasteiger partial charge in [0.1, 0.15) is 17.6 Å². The van der Waals surface area contributed by atoms with E-state index in [0.29, 0.717) is 0 Å². The highest BCUT2D eigenvalue weighted by atomic mass is 16.3. The van der Waals surface area contributed by atoms with Crippen molar-refractivity contribution in [1.82, 2.24) is 4.98 Å². The molecule has 2 aromatic heterocycles. The second kappa shape index (κ2) is 4.03. The number of benzene rings is 1. The monoisotopic (exact) mass is 241 g/mol. The Morgan fingerprint density at radius 1 is 1.17 bits per heavy atom. The molecule has 0 bridgehead atoms. The number of aliphatic hydroxyl groups is 1. The Morgan fingerprint density at radius 3 is 2.67 bits per heavy atom. The third-order valence-electron chi connectivity index (χ3n) is 3.29. The third kappa shape index (κ3) is 1.64. The van der Waals surface area contributed by atoms with Gasteiger partial charge in [-0.2, -0.15) is 0 Å². The number of aliphatic hydroxyl groups excluding tert-OH is 1. The van der Waals surface area contributed by atoms with Gasteiger partial charge in [0.05, 0.1) is 0 Å². The zero-order chi connectivity index (χ0) is 12.7. The van der Waals surface area contributed by atoms with E-state index in [1.807, 2.05) is 50.4 Å². The molecule has 0 saturated carbocycles. The Kier molecular flexibility index (Phi) is 2.49. The van der Waals surface area contributed by atoms with Crippen LogP contribution >= 0.6 is 0 Å². The van der Waals surface area contributed by atoms with E-state index in [-0.39, 0.29) is 0 Å². The molecular weight excluding hydrogens is 226 g/mol. The number of aromatic nitrogens is 1. The summed E-state index contributed by atoms with van der Waals surface area (Å²) in [5, 5.41) is 11.5. The molecule has 0 spiro atoms. The summed E-state index contributed by atoms with van der Waals surface area (Å²) < 4.78 is 5.48. The number of aromatic amines is 1. The van der Waals surface area contributed by atoms with Gasteiger partial charge in [-0.15, -0.1) is 0 Å². The average Bonchev–Trinajstić information content (AvgIpc) is 2.92. The first-order valence-electron chi connectivity index (χ1n) is 5.98. The lowest BCUT2D eigenvalue weighted by atomic mass is 10.0. The molecule has 92 valence electrons. The van der Waals surface area contributed by atoms with Gasteiger partial charge >= 0.3 is 0 Å². The van der Waals surface area contributed by atoms with E-state index in [4.69, 9.17) is 4.42 Å². The molecule has 0 fully saturated rings. The second-order valence-electron chi connectivity index (χ2n) is 4.56. The number of rotatable bonds is 2. The molecule has 1 atom stereocenters. The van der Waals surface area contributed by atoms with E-state index in [2.05, 4.69) is 4.98 Å². The molecule has 0 aliphatic rings.